The van der Waals surface area contributed by atoms with Gasteiger partial charge < -0.3 is 13.4 Å². The van der Waals surface area contributed by atoms with Crippen LogP contribution in [0.25, 0.3) is 105 Å². The van der Waals surface area contributed by atoms with Crippen molar-refractivity contribution in [3.05, 3.63) is 174 Å². The first kappa shape index (κ1) is 45.7. The van der Waals surface area contributed by atoms with Gasteiger partial charge in [-0.2, -0.15) is 0 Å². The van der Waals surface area contributed by atoms with Gasteiger partial charge in [0.15, 0.2) is 0 Å². The molecule has 0 N–H and O–H groups in total. The van der Waals surface area contributed by atoms with E-state index in [9.17, 15) is 0 Å². The Morgan fingerprint density at radius 3 is 2.08 bits per heavy atom. The molecular formula is C63H58GeIrN4O2-2. The number of furan rings is 2. The summed E-state index contributed by atoms with van der Waals surface area (Å²) in [5.74, 6) is 7.56. The van der Waals surface area contributed by atoms with Crippen LogP contribution in [0.15, 0.2) is 142 Å². The van der Waals surface area contributed by atoms with Crippen molar-refractivity contribution in [3.63, 3.8) is 0 Å². The maximum atomic E-state index is 8.70. The topological polar surface area (TPSA) is 69.9 Å². The number of aromatic nitrogens is 4. The maximum absolute atomic E-state index is 8.70. The summed E-state index contributed by atoms with van der Waals surface area (Å²) in [7, 11) is 0. The Labute approximate surface area is 435 Å². The van der Waals surface area contributed by atoms with Crippen molar-refractivity contribution >= 4 is 94.2 Å². The van der Waals surface area contributed by atoms with Gasteiger partial charge in [-0.05, 0) is 61.4 Å². The second kappa shape index (κ2) is 18.3. The van der Waals surface area contributed by atoms with Crippen molar-refractivity contribution in [2.45, 2.75) is 84.4 Å². The van der Waals surface area contributed by atoms with E-state index in [0.29, 0.717) is 5.71 Å². The second-order valence-corrected chi connectivity index (χ2v) is 31.7. The standard InChI is InChI=1S/C41H26N3O2.C22H32GeN.Ir/c1-22-21-33-27-13-8-9-18-34(27)45-38(33)24(3)36(22)44-37-29-15-7-5-12-26(29)25-11-4-6-14-28(25)35(37)43-40(44)32-17-10-16-30-31-20-19-23(2)42-41(31)46-39(30)32;1-16(2)12-18-14-21(24-15-20(18)23(6,7)8)17-10-9-11-19(13-17)22(3,4)5;/h4-16,18-21H,1-3H3;9,11,13-16H,12H2,1-8H3;/q2*-1;/i;12D2;. The van der Waals surface area contributed by atoms with Gasteiger partial charge in [0, 0.05) is 64.0 Å². The van der Waals surface area contributed by atoms with Gasteiger partial charge in [-0.3, -0.25) is 4.98 Å². The van der Waals surface area contributed by atoms with E-state index < -0.39 is 19.6 Å². The van der Waals surface area contributed by atoms with Crippen LogP contribution < -0.4 is 4.40 Å². The van der Waals surface area contributed by atoms with E-state index in [1.165, 1.54) is 16.3 Å². The molecule has 0 aliphatic rings. The Morgan fingerprint density at radius 2 is 1.37 bits per heavy atom. The zero-order chi connectivity index (χ0) is 50.6. The van der Waals surface area contributed by atoms with Crippen molar-refractivity contribution in [1.82, 2.24) is 19.5 Å². The fourth-order valence-corrected chi connectivity index (χ4v) is 13.1. The van der Waals surface area contributed by atoms with Gasteiger partial charge in [0.05, 0.1) is 22.4 Å². The van der Waals surface area contributed by atoms with Crippen LogP contribution in [0.4, 0.5) is 0 Å². The molecule has 0 aliphatic carbocycles. The van der Waals surface area contributed by atoms with Crippen molar-refractivity contribution in [2.24, 2.45) is 5.92 Å². The average molecular weight is 1170 g/mol. The average Bonchev–Trinajstić information content (AvgIpc) is 4.05. The molecule has 0 saturated heterocycles. The molecule has 357 valence electrons. The normalized spacial score (nSPS) is 12.8. The van der Waals surface area contributed by atoms with Crippen molar-refractivity contribution in [3.8, 4) is 28.3 Å². The fourth-order valence-electron chi connectivity index (χ4n) is 10.2. The molecule has 1 radical (unpaired) electrons. The molecule has 0 aliphatic heterocycles. The van der Waals surface area contributed by atoms with E-state index in [0.717, 1.165) is 115 Å². The number of hydrogen-bond acceptors (Lipinski definition) is 5. The minimum absolute atomic E-state index is 0. The molecule has 0 bridgehead atoms. The summed E-state index contributed by atoms with van der Waals surface area (Å²) >= 11 is -2.25. The molecule has 0 spiro atoms. The fraction of sp³-hybridized carbons (Fsp3) is 0.222. The Balaban J connectivity index is 0.000000195. The minimum atomic E-state index is -2.25. The van der Waals surface area contributed by atoms with Crippen LogP contribution >= 0.6 is 0 Å². The summed E-state index contributed by atoms with van der Waals surface area (Å²) in [6, 6.07) is 50.8. The summed E-state index contributed by atoms with van der Waals surface area (Å²) in [5, 5.41) is 8.79. The molecule has 0 fully saturated rings. The molecule has 6 nitrogen and oxygen atoms in total. The third kappa shape index (κ3) is 8.50. The third-order valence-corrected chi connectivity index (χ3v) is 17.8. The molecule has 71 heavy (non-hydrogen) atoms. The van der Waals surface area contributed by atoms with Crippen LogP contribution in [0, 0.1) is 38.8 Å². The van der Waals surface area contributed by atoms with Gasteiger partial charge in [-0.1, -0.05) is 77.7 Å². The van der Waals surface area contributed by atoms with Crippen LogP contribution in [-0.2, 0) is 31.9 Å². The number of benzene rings is 7. The van der Waals surface area contributed by atoms with Crippen molar-refractivity contribution in [1.29, 1.82) is 0 Å². The van der Waals surface area contributed by atoms with Crippen LogP contribution in [-0.4, -0.2) is 32.8 Å². The number of nitrogens with zero attached hydrogens (tertiary/aromatic N) is 4. The number of fused-ring (bicyclic) bond motifs is 12. The maximum Gasteiger partial charge on any atom is 0 e. The van der Waals surface area contributed by atoms with Crippen LogP contribution in [0.5, 0.6) is 0 Å². The Kier molecular flexibility index (Phi) is 11.8. The molecule has 5 heterocycles. The van der Waals surface area contributed by atoms with Gasteiger partial charge in [0.1, 0.15) is 11.2 Å². The number of imidazole rings is 1. The molecule has 5 aromatic heterocycles. The first-order valence-electron chi connectivity index (χ1n) is 25.3. The van der Waals surface area contributed by atoms with Gasteiger partial charge in [0.25, 0.3) is 0 Å². The molecule has 0 saturated carbocycles. The quantitative estimate of drug-likeness (QED) is 0.0943. The van der Waals surface area contributed by atoms with E-state index >= 15 is 0 Å². The van der Waals surface area contributed by atoms with E-state index in [1.807, 2.05) is 63.4 Å². The van der Waals surface area contributed by atoms with Gasteiger partial charge in [-0.15, -0.1) is 18.2 Å². The first-order valence-corrected chi connectivity index (χ1v) is 31.6. The van der Waals surface area contributed by atoms with E-state index in [1.54, 1.807) is 0 Å². The smallest absolute Gasteiger partial charge is 0 e. The minimum Gasteiger partial charge on any atom is 0 e. The monoisotopic (exact) mass is 1170 g/mol. The largest absolute Gasteiger partial charge is 0 e. The third-order valence-electron chi connectivity index (χ3n) is 13.6. The Bertz CT molecular complexity index is 4140. The van der Waals surface area contributed by atoms with Gasteiger partial charge >= 0.3 is 154 Å². The molecule has 8 heteroatoms. The predicted molar refractivity (Wildman–Crippen MR) is 296 cm³/mol. The van der Waals surface area contributed by atoms with Crippen LogP contribution in [0.1, 0.15) is 65.3 Å². The SMILES string of the molecule is Cc1ccc2c(n1)oc1c(-c3nc4c5ccccc5c5ccccc5c4n3-c3c(C)cc4c(oc5ccccc54)c3C)[c-]ccc12.[2H]C([2H])(c1cc(-c2[c-]ccc(C(C)(C)C)c2)nc[c]1[Ge]([CH3])([CH3])[CH3])C(C)C.[Ir]. The van der Waals surface area contributed by atoms with E-state index in [-0.39, 0.29) is 31.4 Å². The summed E-state index contributed by atoms with van der Waals surface area (Å²) < 4.78 is 34.0. The van der Waals surface area contributed by atoms with Crippen molar-refractivity contribution in [2.75, 3.05) is 0 Å². The number of aryl methyl sites for hydroxylation is 3. The van der Waals surface area contributed by atoms with Gasteiger partial charge in [-0.25, -0.2) is 4.98 Å². The van der Waals surface area contributed by atoms with Crippen molar-refractivity contribution < 1.29 is 31.7 Å². The zero-order valence-electron chi connectivity index (χ0n) is 44.2. The first-order chi connectivity index (χ1) is 34.3. The summed E-state index contributed by atoms with van der Waals surface area (Å²) in [4.78, 5) is 14.9. The van der Waals surface area contributed by atoms with E-state index in [4.69, 9.17) is 26.5 Å². The molecule has 0 atom stereocenters. The molecule has 0 amide bonds. The zero-order valence-corrected chi connectivity index (χ0v) is 46.7. The molecule has 12 aromatic rings. The van der Waals surface area contributed by atoms with E-state index in [2.05, 4.69) is 160 Å². The summed E-state index contributed by atoms with van der Waals surface area (Å²) in [6.07, 6.45) is 0.565. The van der Waals surface area contributed by atoms with Crippen LogP contribution in [0.2, 0.25) is 17.3 Å². The number of pyridine rings is 2. The van der Waals surface area contributed by atoms with Gasteiger partial charge in [0.2, 0.25) is 5.71 Å². The number of hydrogen-bond donors (Lipinski definition) is 0. The molecular weight excluding hydrogens is 1110 g/mol. The molecule has 0 unspecified atom stereocenters. The Morgan fingerprint density at radius 1 is 0.690 bits per heavy atom. The summed E-state index contributed by atoms with van der Waals surface area (Å²) in [6.45, 7) is 16.8. The Hall–Kier alpha value is -6.38. The van der Waals surface area contributed by atoms with Crippen LogP contribution in [0.3, 0.4) is 0 Å². The number of para-hydroxylation sites is 1. The second-order valence-electron chi connectivity index (χ2n) is 21.1. The number of rotatable bonds is 6. The molecule has 12 rings (SSSR count). The predicted octanol–water partition coefficient (Wildman–Crippen LogP) is 16.5. The molecule has 7 aromatic carbocycles. The summed E-state index contributed by atoms with van der Waals surface area (Å²) in [5.41, 5.74) is 13.9.